The van der Waals surface area contributed by atoms with Gasteiger partial charge in [0, 0.05) is 25.9 Å². The van der Waals surface area contributed by atoms with Crippen LogP contribution in [0, 0.1) is 0 Å². The molecule has 5 heterocycles. The molecule has 2 aromatic heterocycles. The lowest BCUT2D eigenvalue weighted by molar-refractivity contribution is -0.143. The first-order chi connectivity index (χ1) is 17.9. The van der Waals surface area contributed by atoms with Crippen molar-refractivity contribution >= 4 is 63.6 Å². The number of aromatic nitrogens is 2. The summed E-state index contributed by atoms with van der Waals surface area (Å²) in [6.45, 7) is 1.63. The number of nitrogens with zero attached hydrogens (tertiary/aromatic N) is 4. The van der Waals surface area contributed by atoms with Gasteiger partial charge in [0.25, 0.3) is 11.5 Å². The second kappa shape index (κ2) is 10.6. The van der Waals surface area contributed by atoms with Gasteiger partial charge in [-0.1, -0.05) is 30.0 Å². The topological polar surface area (TPSA) is 123 Å². The first-order valence-corrected chi connectivity index (χ1v) is 13.1. The summed E-state index contributed by atoms with van der Waals surface area (Å²) in [5.74, 6) is -1.04. The molecule has 3 fully saturated rings. The molecule has 2 atom stereocenters. The third kappa shape index (κ3) is 4.98. The average molecular weight is 544 g/mol. The zero-order chi connectivity index (χ0) is 26.1. The van der Waals surface area contributed by atoms with Crippen LogP contribution in [0.25, 0.3) is 11.7 Å². The lowest BCUT2D eigenvalue weighted by atomic mass is 10.1. The number of esters is 1. The Kier molecular flexibility index (Phi) is 7.26. The predicted octanol–water partition coefficient (Wildman–Crippen LogP) is 0.943. The number of pyridine rings is 1. The van der Waals surface area contributed by atoms with E-state index in [1.54, 1.807) is 29.3 Å². The molecule has 0 saturated carbocycles. The van der Waals surface area contributed by atoms with Crippen molar-refractivity contribution < 1.29 is 23.9 Å². The van der Waals surface area contributed by atoms with Crippen LogP contribution >= 0.6 is 24.0 Å². The SMILES string of the molecule is COC(=O)C[C@@H]1C(=O)NCCN1c1nc2ccccn2c(=O)c1/C=C1\SC(=S)N(C[C@H]2CCCO2)C1=O. The highest BCUT2D eigenvalue weighted by atomic mass is 32.2. The second-order valence-electron chi connectivity index (χ2n) is 8.79. The molecule has 1 N–H and O–H groups in total. The number of piperazine rings is 1. The number of hydrogen-bond donors (Lipinski definition) is 1. The van der Waals surface area contributed by atoms with Crippen LogP contribution in [-0.4, -0.2) is 81.9 Å². The van der Waals surface area contributed by atoms with Crippen LogP contribution < -0.4 is 15.8 Å². The van der Waals surface area contributed by atoms with Gasteiger partial charge in [-0.05, 0) is 31.1 Å². The van der Waals surface area contributed by atoms with Crippen molar-refractivity contribution in [2.24, 2.45) is 0 Å². The number of hydrogen-bond acceptors (Lipinski definition) is 10. The highest BCUT2D eigenvalue weighted by Gasteiger charge is 2.37. The first kappa shape index (κ1) is 25.4. The molecule has 13 heteroatoms. The molecular formula is C24H25N5O6S2. The third-order valence-corrected chi connectivity index (χ3v) is 7.88. The van der Waals surface area contributed by atoms with Crippen molar-refractivity contribution in [2.75, 3.05) is 38.3 Å². The first-order valence-electron chi connectivity index (χ1n) is 11.9. The van der Waals surface area contributed by atoms with Crippen molar-refractivity contribution in [2.45, 2.75) is 31.4 Å². The molecule has 37 heavy (non-hydrogen) atoms. The summed E-state index contributed by atoms with van der Waals surface area (Å²) in [5.41, 5.74) is 0.0899. The summed E-state index contributed by atoms with van der Waals surface area (Å²) >= 11 is 6.58. The Morgan fingerprint density at radius 3 is 2.95 bits per heavy atom. The maximum atomic E-state index is 13.7. The number of anilines is 1. The molecule has 0 aromatic carbocycles. The Labute approximate surface area is 221 Å². The number of carbonyl (C=O) groups is 3. The molecule has 0 bridgehead atoms. The van der Waals surface area contributed by atoms with Gasteiger partial charge >= 0.3 is 5.97 Å². The third-order valence-electron chi connectivity index (χ3n) is 6.50. The van der Waals surface area contributed by atoms with Crippen LogP contribution in [-0.2, 0) is 23.9 Å². The van der Waals surface area contributed by atoms with Gasteiger partial charge in [-0.15, -0.1) is 0 Å². The van der Waals surface area contributed by atoms with E-state index < -0.39 is 17.6 Å². The highest BCUT2D eigenvalue weighted by Crippen LogP contribution is 2.35. The Balaban J connectivity index is 1.59. The quantitative estimate of drug-likeness (QED) is 0.320. The van der Waals surface area contributed by atoms with Gasteiger partial charge in [0.05, 0.1) is 36.6 Å². The largest absolute Gasteiger partial charge is 0.469 e. The number of methoxy groups -OCH3 is 1. The highest BCUT2D eigenvalue weighted by molar-refractivity contribution is 8.26. The summed E-state index contributed by atoms with van der Waals surface area (Å²) in [4.78, 5) is 59.9. The van der Waals surface area contributed by atoms with Crippen molar-refractivity contribution in [3.05, 3.63) is 45.2 Å². The zero-order valence-corrected chi connectivity index (χ0v) is 21.7. The second-order valence-corrected chi connectivity index (χ2v) is 10.5. The minimum Gasteiger partial charge on any atom is -0.469 e. The maximum Gasteiger partial charge on any atom is 0.308 e. The Bertz CT molecular complexity index is 1370. The van der Waals surface area contributed by atoms with Gasteiger partial charge in [-0.2, -0.15) is 0 Å². The molecule has 3 aliphatic rings. The molecule has 0 radical (unpaired) electrons. The molecule has 11 nitrogen and oxygen atoms in total. The number of amides is 2. The lowest BCUT2D eigenvalue weighted by Crippen LogP contribution is -2.57. The number of thiocarbonyl (C=S) groups is 1. The minimum atomic E-state index is -0.930. The summed E-state index contributed by atoms with van der Waals surface area (Å²) in [5, 5.41) is 2.75. The predicted molar refractivity (Wildman–Crippen MR) is 141 cm³/mol. The van der Waals surface area contributed by atoms with Crippen molar-refractivity contribution in [3.8, 4) is 0 Å². The van der Waals surface area contributed by atoms with E-state index >= 15 is 0 Å². The number of rotatable bonds is 6. The van der Waals surface area contributed by atoms with Gasteiger partial charge in [-0.25, -0.2) is 4.98 Å². The summed E-state index contributed by atoms with van der Waals surface area (Å²) in [6.07, 6.45) is 4.57. The van der Waals surface area contributed by atoms with Gasteiger partial charge in [0.1, 0.15) is 21.8 Å². The van der Waals surface area contributed by atoms with Crippen molar-refractivity contribution in [1.82, 2.24) is 19.6 Å². The Hall–Kier alpha value is -3.29. The molecule has 194 valence electrons. The fourth-order valence-electron chi connectivity index (χ4n) is 4.63. The number of fused-ring (bicyclic) bond motifs is 1. The number of thioether (sulfide) groups is 1. The molecule has 2 aromatic rings. The van der Waals surface area contributed by atoms with E-state index in [-0.39, 0.29) is 40.6 Å². The van der Waals surface area contributed by atoms with Crippen LogP contribution in [0.3, 0.4) is 0 Å². The fraction of sp³-hybridized carbons (Fsp3) is 0.417. The van der Waals surface area contributed by atoms with Gasteiger partial charge in [0.2, 0.25) is 5.91 Å². The monoisotopic (exact) mass is 543 g/mol. The van der Waals surface area contributed by atoms with Crippen LogP contribution in [0.5, 0.6) is 0 Å². The summed E-state index contributed by atoms with van der Waals surface area (Å²) in [6, 6.07) is 4.20. The fourth-order valence-corrected chi connectivity index (χ4v) is 5.89. The number of ether oxygens (including phenoxy) is 2. The van der Waals surface area contributed by atoms with E-state index in [1.807, 2.05) is 0 Å². The smallest absolute Gasteiger partial charge is 0.308 e. The van der Waals surface area contributed by atoms with E-state index in [9.17, 15) is 19.2 Å². The van der Waals surface area contributed by atoms with Gasteiger partial charge in [0.15, 0.2) is 0 Å². The van der Waals surface area contributed by atoms with Crippen molar-refractivity contribution in [1.29, 1.82) is 0 Å². The molecule has 2 amide bonds. The lowest BCUT2D eigenvalue weighted by Gasteiger charge is -2.36. The molecule has 3 aliphatic heterocycles. The molecular weight excluding hydrogens is 518 g/mol. The normalized spacial score (nSPS) is 23.3. The Morgan fingerprint density at radius 2 is 2.19 bits per heavy atom. The standard InChI is InChI=1S/C24H25N5O6S2/c1-34-19(30)12-16-21(31)25-7-9-27(16)20-15(22(32)28-8-3-2-6-18(28)26-20)11-17-23(33)29(24(36)37-17)13-14-5-4-10-35-14/h2-3,6,8,11,14,16H,4-5,7,9-10,12-13H2,1H3,(H,25,31)/b17-11-/t14-,16-/m1/s1. The zero-order valence-electron chi connectivity index (χ0n) is 20.0. The molecule has 5 rings (SSSR count). The number of carbonyl (C=O) groups excluding carboxylic acids is 3. The number of nitrogens with one attached hydrogen (secondary N) is 1. The molecule has 0 spiro atoms. The van der Waals surface area contributed by atoms with E-state index in [0.717, 1.165) is 24.6 Å². The summed E-state index contributed by atoms with van der Waals surface area (Å²) in [7, 11) is 1.25. The van der Waals surface area contributed by atoms with E-state index in [0.29, 0.717) is 36.2 Å². The van der Waals surface area contributed by atoms with Crippen molar-refractivity contribution in [3.63, 3.8) is 0 Å². The van der Waals surface area contributed by atoms with E-state index in [2.05, 4.69) is 5.32 Å². The van der Waals surface area contributed by atoms with Gasteiger partial charge in [-0.3, -0.25) is 28.5 Å². The molecule has 0 aliphatic carbocycles. The average Bonchev–Trinajstić information content (AvgIpc) is 3.50. The van der Waals surface area contributed by atoms with Crippen LogP contribution in [0.4, 0.5) is 5.82 Å². The van der Waals surface area contributed by atoms with Crippen LogP contribution in [0.1, 0.15) is 24.8 Å². The Morgan fingerprint density at radius 1 is 1.35 bits per heavy atom. The molecule has 0 unspecified atom stereocenters. The summed E-state index contributed by atoms with van der Waals surface area (Å²) < 4.78 is 12.2. The van der Waals surface area contributed by atoms with E-state index in [4.69, 9.17) is 26.7 Å². The van der Waals surface area contributed by atoms with Gasteiger partial charge < -0.3 is 19.7 Å². The van der Waals surface area contributed by atoms with Crippen LogP contribution in [0.2, 0.25) is 0 Å². The van der Waals surface area contributed by atoms with Crippen LogP contribution in [0.15, 0.2) is 34.1 Å². The molecule has 3 saturated heterocycles. The maximum absolute atomic E-state index is 13.7. The minimum absolute atomic E-state index is 0.0729. The van der Waals surface area contributed by atoms with E-state index in [1.165, 1.54) is 22.5 Å².